The Kier molecular flexibility index (Phi) is 9.90. The van der Waals surface area contributed by atoms with E-state index in [-0.39, 0.29) is 53.7 Å². The Morgan fingerprint density at radius 1 is 0.920 bits per heavy atom. The van der Waals surface area contributed by atoms with E-state index >= 15 is 0 Å². The molecule has 0 unspecified atom stereocenters. The second-order valence-electron chi connectivity index (χ2n) is 10.8. The number of nitrogens with one attached hydrogen (secondary N) is 1. The normalized spacial score (nSPS) is 13.7. The lowest BCUT2D eigenvalue weighted by Crippen LogP contribution is -2.50. The second kappa shape index (κ2) is 14.4. The van der Waals surface area contributed by atoms with Gasteiger partial charge in [-0.25, -0.2) is 9.49 Å². The molecule has 1 N–H and O–H groups in total. The highest BCUT2D eigenvalue weighted by Gasteiger charge is 2.31. The smallest absolute Gasteiger partial charge is 0.321 e. The van der Waals surface area contributed by atoms with Gasteiger partial charge in [-0.05, 0) is 23.8 Å². The summed E-state index contributed by atoms with van der Waals surface area (Å²) in [7, 11) is 2.59. The first-order valence-electron chi connectivity index (χ1n) is 14.5. The zero-order chi connectivity index (χ0) is 36.1. The van der Waals surface area contributed by atoms with E-state index in [2.05, 4.69) is 20.8 Å². The second-order valence-corrected chi connectivity index (χ2v) is 10.8. The minimum atomic E-state index is -1.02. The number of carbonyl (C=O) groups excluding carboxylic acids is 1. The number of H-pyrrole nitrogens is 1. The number of carbonyl (C=O) groups is 1. The maximum atomic E-state index is 14.9. The Morgan fingerprint density at radius 2 is 1.54 bits per heavy atom. The van der Waals surface area contributed by atoms with E-state index in [9.17, 15) is 44.6 Å². The molecule has 0 aliphatic carbocycles. The lowest BCUT2D eigenvalue weighted by Gasteiger charge is -2.31. The minimum absolute atomic E-state index is 0.0357. The molecule has 0 spiro atoms. The number of aromatic amines is 1. The van der Waals surface area contributed by atoms with Crippen molar-refractivity contribution in [3.8, 4) is 11.5 Å². The fourth-order valence-corrected chi connectivity index (χ4v) is 4.84. The summed E-state index contributed by atoms with van der Waals surface area (Å²) in [5.41, 5.74) is -1.36. The molecule has 50 heavy (non-hydrogen) atoms. The average Bonchev–Trinajstić information content (AvgIpc) is 3.10. The van der Waals surface area contributed by atoms with Crippen LogP contribution in [0.15, 0.2) is 69.9 Å². The van der Waals surface area contributed by atoms with Crippen molar-refractivity contribution in [2.24, 2.45) is 10.6 Å². The van der Waals surface area contributed by atoms with Gasteiger partial charge < -0.3 is 15.3 Å². The van der Waals surface area contributed by atoms with Crippen molar-refractivity contribution in [3.05, 3.63) is 118 Å². The molecule has 0 saturated carbocycles. The van der Waals surface area contributed by atoms with Crippen LogP contribution in [-0.4, -0.2) is 91.1 Å². The number of fused-ring (bicyclic) bond motifs is 1. The molecule has 1 aliphatic rings. The predicted octanol–water partition coefficient (Wildman–Crippen LogP) is 2.83. The summed E-state index contributed by atoms with van der Waals surface area (Å²) >= 11 is 0. The number of nitro groups is 2. The minimum Gasteiger partial charge on any atom is -0.569 e. The predicted molar refractivity (Wildman–Crippen MR) is 166 cm³/mol. The van der Waals surface area contributed by atoms with Crippen LogP contribution in [0.2, 0.25) is 0 Å². The Labute approximate surface area is 279 Å². The Balaban J connectivity index is 1.27. The van der Waals surface area contributed by atoms with Crippen LogP contribution in [0.1, 0.15) is 21.6 Å². The number of piperazine rings is 1. The van der Waals surface area contributed by atoms with Crippen molar-refractivity contribution in [3.63, 3.8) is 0 Å². The summed E-state index contributed by atoms with van der Waals surface area (Å²) in [6, 6.07) is 12.1. The molecule has 5 rings (SSSR count). The van der Waals surface area contributed by atoms with Crippen LogP contribution in [0, 0.1) is 36.5 Å². The zero-order valence-electron chi connectivity index (χ0n) is 26.2. The molecule has 1 fully saturated rings. The van der Waals surface area contributed by atoms with Crippen molar-refractivity contribution in [2.45, 2.75) is 6.42 Å². The molecule has 260 valence electrons. The Morgan fingerprint density at radius 3 is 2.16 bits per heavy atom. The van der Waals surface area contributed by atoms with E-state index in [1.165, 1.54) is 31.1 Å². The van der Waals surface area contributed by atoms with Gasteiger partial charge in [0.05, 0.1) is 63.6 Å². The van der Waals surface area contributed by atoms with Gasteiger partial charge in [0.25, 0.3) is 11.5 Å². The van der Waals surface area contributed by atoms with Gasteiger partial charge in [-0.1, -0.05) is 24.3 Å². The first-order valence-corrected chi connectivity index (χ1v) is 14.5. The lowest BCUT2D eigenvalue weighted by molar-refractivity contribution is -0.708. The number of hydrazine groups is 2. The lowest BCUT2D eigenvalue weighted by atomic mass is 10.0. The van der Waals surface area contributed by atoms with Gasteiger partial charge in [-0.3, -0.25) is 39.5 Å². The number of nitro benzene ring substituents is 2. The molecule has 1 aromatic heterocycles. The third kappa shape index (κ3) is 7.42. The van der Waals surface area contributed by atoms with Crippen LogP contribution >= 0.6 is 0 Å². The van der Waals surface area contributed by atoms with Crippen LogP contribution in [-0.2, 0) is 6.42 Å². The van der Waals surface area contributed by atoms with Gasteiger partial charge in [0, 0.05) is 31.0 Å². The van der Waals surface area contributed by atoms with Crippen LogP contribution < -0.4 is 15.2 Å². The van der Waals surface area contributed by atoms with Crippen molar-refractivity contribution < 1.29 is 38.6 Å². The van der Waals surface area contributed by atoms with Crippen molar-refractivity contribution >= 4 is 28.1 Å². The Hall–Kier alpha value is -7.00. The van der Waals surface area contributed by atoms with Gasteiger partial charge in [-0.2, -0.15) is 10.1 Å². The summed E-state index contributed by atoms with van der Waals surface area (Å²) in [6.07, 6.45) is 0.195. The van der Waals surface area contributed by atoms with E-state index in [1.807, 2.05) is 0 Å². The van der Waals surface area contributed by atoms with Gasteiger partial charge in [0.2, 0.25) is 22.1 Å². The quantitative estimate of drug-likeness (QED) is 0.103. The van der Waals surface area contributed by atoms with Gasteiger partial charge in [-0.15, -0.1) is 5.01 Å². The maximum absolute atomic E-state index is 14.9. The maximum Gasteiger partial charge on any atom is 0.321 e. The molecule has 2 heterocycles. The summed E-state index contributed by atoms with van der Waals surface area (Å²) in [5.74, 6) is -2.88. The molecule has 1 amide bonds. The first kappa shape index (κ1) is 34.3. The van der Waals surface area contributed by atoms with E-state index in [1.54, 1.807) is 24.3 Å². The molecule has 0 bridgehead atoms. The molecule has 1 saturated heterocycles. The standard InChI is InChI=1S/C28H26FN11O10/c1-34(2)39(47)32-49-25-16-26(24(38(45)46)15-23(25)37(43)44)50-33-40(48)36-11-9-35(10-12-36)28(42)20-13-17(7-8-21(20)29)14-22-18-5-3-4-6-19(18)27(41)31-30-22/h3-8,13,15-16H,9-12,14H2,1-2H3,(H,31,41)/b39-32+,40-33-. The zero-order valence-corrected chi connectivity index (χ0v) is 26.2. The third-order valence-corrected chi connectivity index (χ3v) is 7.39. The highest BCUT2D eigenvalue weighted by molar-refractivity contribution is 5.95. The third-order valence-electron chi connectivity index (χ3n) is 7.39. The van der Waals surface area contributed by atoms with E-state index in [4.69, 9.17) is 9.68 Å². The van der Waals surface area contributed by atoms with Crippen LogP contribution in [0.25, 0.3) is 10.8 Å². The first-order chi connectivity index (χ1) is 23.8. The number of aromatic nitrogens is 2. The monoisotopic (exact) mass is 695 g/mol. The van der Waals surface area contributed by atoms with Crippen molar-refractivity contribution in [1.29, 1.82) is 0 Å². The summed E-state index contributed by atoms with van der Waals surface area (Å²) in [4.78, 5) is 57.4. The van der Waals surface area contributed by atoms with Crippen LogP contribution in [0.5, 0.6) is 11.5 Å². The van der Waals surface area contributed by atoms with Crippen LogP contribution in [0.4, 0.5) is 15.8 Å². The average molecular weight is 696 g/mol. The highest BCUT2D eigenvalue weighted by Crippen LogP contribution is 2.39. The number of benzene rings is 3. The van der Waals surface area contributed by atoms with Gasteiger partial charge in [0.15, 0.2) is 0 Å². The number of hydrogen-bond donors (Lipinski definition) is 1. The fraction of sp³-hybridized carbons (Fsp3) is 0.250. The van der Waals surface area contributed by atoms with Crippen molar-refractivity contribution in [2.75, 3.05) is 40.3 Å². The SMILES string of the molecule is CN(C)/[N+]([O-])=N\Oc1cc(O/N=[N+](\[O-])N2CCN(C(=O)c3cc(Cc4n[nH]c(=O)c5ccccc45)ccc3F)CC2)c([N+](=O)[O-])cc1[N+](=O)[O-]. The molecule has 0 radical (unpaired) electrons. The van der Waals surface area contributed by atoms with Gasteiger partial charge >= 0.3 is 11.4 Å². The van der Waals surface area contributed by atoms with E-state index in [0.717, 1.165) is 16.1 Å². The molecule has 1 aliphatic heterocycles. The summed E-state index contributed by atoms with van der Waals surface area (Å²) < 4.78 is 14.9. The molecular weight excluding hydrogens is 669 g/mol. The van der Waals surface area contributed by atoms with E-state index in [0.29, 0.717) is 34.2 Å². The molecule has 22 heteroatoms. The molecule has 3 aromatic carbocycles. The fourth-order valence-electron chi connectivity index (χ4n) is 4.84. The number of amides is 1. The number of rotatable bonds is 11. The molecule has 0 atom stereocenters. The highest BCUT2D eigenvalue weighted by atomic mass is 19.1. The van der Waals surface area contributed by atoms with Gasteiger partial charge in [0.1, 0.15) is 11.9 Å². The Bertz CT molecular complexity index is 2100. The van der Waals surface area contributed by atoms with Crippen molar-refractivity contribution in [1.82, 2.24) is 25.1 Å². The van der Waals surface area contributed by atoms with E-state index < -0.39 is 44.4 Å². The number of halogens is 1. The largest absolute Gasteiger partial charge is 0.569 e. The molecule has 4 aromatic rings. The topological polar surface area (TPSA) is 254 Å². The number of nitrogens with zero attached hydrogens (tertiary/aromatic N) is 10. The number of hydrogen-bond acceptors (Lipinski definition) is 13. The van der Waals surface area contributed by atoms with Crippen LogP contribution in [0.3, 0.4) is 0 Å². The summed E-state index contributed by atoms with van der Waals surface area (Å²) in [5, 5.41) is 63.4. The summed E-state index contributed by atoms with van der Waals surface area (Å²) in [6.45, 7) is -0.290. The molecule has 21 nitrogen and oxygen atoms in total. The molecular formula is C28H26FN11O10.